The molecule has 1 unspecified atom stereocenters. The first kappa shape index (κ1) is 14.6. The summed E-state index contributed by atoms with van der Waals surface area (Å²) in [5, 5.41) is 19.4. The highest BCUT2D eigenvalue weighted by atomic mass is 16.3. The normalized spacial score (nSPS) is 29.7. The molecule has 2 nitrogen and oxygen atoms in total. The SMILES string of the molecule is O/C1=C/CCC(O)CCCCCCCCCC1. The summed E-state index contributed by atoms with van der Waals surface area (Å²) >= 11 is 0. The molecule has 0 amide bonds. The predicted octanol–water partition coefficient (Wildman–Crippen LogP) is 4.48. The van der Waals surface area contributed by atoms with Gasteiger partial charge in [0.25, 0.3) is 0 Å². The van der Waals surface area contributed by atoms with Gasteiger partial charge in [0.15, 0.2) is 0 Å². The van der Waals surface area contributed by atoms with Crippen LogP contribution in [0.4, 0.5) is 0 Å². The van der Waals surface area contributed by atoms with Gasteiger partial charge < -0.3 is 10.2 Å². The first-order valence-corrected chi connectivity index (χ1v) is 7.35. The summed E-state index contributed by atoms with van der Waals surface area (Å²) in [5.74, 6) is 0.520. The van der Waals surface area contributed by atoms with Gasteiger partial charge in [0.05, 0.1) is 11.9 Å². The van der Waals surface area contributed by atoms with Gasteiger partial charge in [0.1, 0.15) is 0 Å². The third kappa shape index (κ3) is 8.25. The molecule has 0 aromatic heterocycles. The number of hydrogen-bond acceptors (Lipinski definition) is 2. The van der Waals surface area contributed by atoms with E-state index in [0.717, 1.165) is 38.5 Å². The third-order valence-electron chi connectivity index (χ3n) is 3.60. The average molecular weight is 240 g/mol. The Kier molecular flexibility index (Phi) is 8.16. The minimum atomic E-state index is -0.177. The molecule has 0 radical (unpaired) electrons. The maximum absolute atomic E-state index is 9.75. The molecule has 1 atom stereocenters. The average Bonchev–Trinajstić information content (AvgIpc) is 2.31. The minimum absolute atomic E-state index is 0.177. The van der Waals surface area contributed by atoms with E-state index in [2.05, 4.69) is 0 Å². The van der Waals surface area contributed by atoms with Crippen LogP contribution in [0.3, 0.4) is 0 Å². The monoisotopic (exact) mass is 240 g/mol. The Labute approximate surface area is 106 Å². The first-order valence-electron chi connectivity index (χ1n) is 7.35. The smallest absolute Gasteiger partial charge is 0.0882 e. The van der Waals surface area contributed by atoms with Crippen LogP contribution >= 0.6 is 0 Å². The number of rotatable bonds is 0. The van der Waals surface area contributed by atoms with Crippen molar-refractivity contribution in [3.05, 3.63) is 11.8 Å². The van der Waals surface area contributed by atoms with E-state index in [1.54, 1.807) is 0 Å². The van der Waals surface area contributed by atoms with Crippen molar-refractivity contribution in [2.24, 2.45) is 0 Å². The summed E-state index contributed by atoms with van der Waals surface area (Å²) < 4.78 is 0. The Morgan fingerprint density at radius 2 is 1.41 bits per heavy atom. The molecule has 2 heteroatoms. The lowest BCUT2D eigenvalue weighted by molar-refractivity contribution is 0.151. The van der Waals surface area contributed by atoms with Crippen molar-refractivity contribution >= 4 is 0 Å². The largest absolute Gasteiger partial charge is 0.513 e. The zero-order valence-corrected chi connectivity index (χ0v) is 11.0. The van der Waals surface area contributed by atoms with Crippen LogP contribution < -0.4 is 0 Å². The molecular formula is C15H28O2. The van der Waals surface area contributed by atoms with Crippen LogP contribution in [0.25, 0.3) is 0 Å². The van der Waals surface area contributed by atoms with E-state index in [0.29, 0.717) is 5.76 Å². The van der Waals surface area contributed by atoms with Crippen molar-refractivity contribution in [1.82, 2.24) is 0 Å². The van der Waals surface area contributed by atoms with Crippen molar-refractivity contribution in [1.29, 1.82) is 0 Å². The van der Waals surface area contributed by atoms with E-state index < -0.39 is 0 Å². The lowest BCUT2D eigenvalue weighted by atomic mass is 10.0. The van der Waals surface area contributed by atoms with Gasteiger partial charge in [-0.3, -0.25) is 0 Å². The van der Waals surface area contributed by atoms with Crippen LogP contribution in [0, 0.1) is 0 Å². The summed E-state index contributed by atoms with van der Waals surface area (Å²) in [6, 6.07) is 0. The van der Waals surface area contributed by atoms with E-state index in [1.165, 1.54) is 38.5 Å². The van der Waals surface area contributed by atoms with Crippen molar-refractivity contribution in [2.45, 2.75) is 83.2 Å². The molecule has 100 valence electrons. The Bertz CT molecular complexity index is 211. The van der Waals surface area contributed by atoms with E-state index in [9.17, 15) is 10.2 Å². The van der Waals surface area contributed by atoms with Crippen LogP contribution in [0.1, 0.15) is 77.0 Å². The summed E-state index contributed by atoms with van der Waals surface area (Å²) in [4.78, 5) is 0. The molecule has 1 aliphatic carbocycles. The highest BCUT2D eigenvalue weighted by Crippen LogP contribution is 2.16. The molecule has 0 aromatic carbocycles. The minimum Gasteiger partial charge on any atom is -0.513 e. The lowest BCUT2D eigenvalue weighted by Crippen LogP contribution is -2.05. The molecular weight excluding hydrogens is 212 g/mol. The molecule has 1 rings (SSSR count). The fraction of sp³-hybridized carbons (Fsp3) is 0.867. The highest BCUT2D eigenvalue weighted by molar-refractivity contribution is 4.90. The van der Waals surface area contributed by atoms with Crippen LogP contribution in [0.15, 0.2) is 11.8 Å². The molecule has 0 fully saturated rings. The van der Waals surface area contributed by atoms with Gasteiger partial charge in [-0.2, -0.15) is 0 Å². The van der Waals surface area contributed by atoms with Crippen molar-refractivity contribution in [2.75, 3.05) is 0 Å². The molecule has 0 aromatic rings. The Morgan fingerprint density at radius 3 is 2.12 bits per heavy atom. The zero-order chi connectivity index (χ0) is 12.3. The van der Waals surface area contributed by atoms with Gasteiger partial charge in [0, 0.05) is 6.42 Å². The maximum Gasteiger partial charge on any atom is 0.0882 e. The van der Waals surface area contributed by atoms with E-state index in [4.69, 9.17) is 0 Å². The first-order chi connectivity index (χ1) is 8.29. The maximum atomic E-state index is 9.75. The number of hydrogen-bond donors (Lipinski definition) is 2. The molecule has 1 aliphatic rings. The van der Waals surface area contributed by atoms with Crippen molar-refractivity contribution < 1.29 is 10.2 Å². The van der Waals surface area contributed by atoms with Crippen LogP contribution in [-0.2, 0) is 0 Å². The Morgan fingerprint density at radius 1 is 0.824 bits per heavy atom. The molecule has 17 heavy (non-hydrogen) atoms. The highest BCUT2D eigenvalue weighted by Gasteiger charge is 2.04. The van der Waals surface area contributed by atoms with Gasteiger partial charge >= 0.3 is 0 Å². The summed E-state index contributed by atoms with van der Waals surface area (Å²) in [6.07, 6.45) is 15.1. The zero-order valence-electron chi connectivity index (χ0n) is 11.0. The van der Waals surface area contributed by atoms with Gasteiger partial charge in [-0.25, -0.2) is 0 Å². The Balaban J connectivity index is 2.28. The second-order valence-corrected chi connectivity index (χ2v) is 5.29. The fourth-order valence-electron chi connectivity index (χ4n) is 2.44. The quantitative estimate of drug-likeness (QED) is 0.655. The topological polar surface area (TPSA) is 40.5 Å². The van der Waals surface area contributed by atoms with Crippen LogP contribution in [-0.4, -0.2) is 16.3 Å². The van der Waals surface area contributed by atoms with Gasteiger partial charge in [0.2, 0.25) is 0 Å². The van der Waals surface area contributed by atoms with E-state index >= 15 is 0 Å². The van der Waals surface area contributed by atoms with Gasteiger partial charge in [-0.1, -0.05) is 44.9 Å². The van der Waals surface area contributed by atoms with Crippen LogP contribution in [0.2, 0.25) is 0 Å². The molecule has 0 saturated carbocycles. The predicted molar refractivity (Wildman–Crippen MR) is 72.1 cm³/mol. The lowest BCUT2D eigenvalue weighted by Gasteiger charge is -2.08. The van der Waals surface area contributed by atoms with Gasteiger partial charge in [-0.05, 0) is 31.8 Å². The molecule has 0 saturated heterocycles. The second kappa shape index (κ2) is 9.52. The number of aliphatic hydroxyl groups excluding tert-OH is 2. The summed E-state index contributed by atoms with van der Waals surface area (Å²) in [5.41, 5.74) is 0. The molecule has 0 heterocycles. The second-order valence-electron chi connectivity index (χ2n) is 5.29. The summed E-state index contributed by atoms with van der Waals surface area (Å²) in [7, 11) is 0. The fourth-order valence-corrected chi connectivity index (χ4v) is 2.44. The number of allylic oxidation sites excluding steroid dienone is 2. The molecule has 0 bridgehead atoms. The van der Waals surface area contributed by atoms with Crippen molar-refractivity contribution in [3.63, 3.8) is 0 Å². The van der Waals surface area contributed by atoms with Crippen molar-refractivity contribution in [3.8, 4) is 0 Å². The van der Waals surface area contributed by atoms with Gasteiger partial charge in [-0.15, -0.1) is 0 Å². The van der Waals surface area contributed by atoms with E-state index in [1.807, 2.05) is 6.08 Å². The summed E-state index contributed by atoms with van der Waals surface area (Å²) in [6.45, 7) is 0. The third-order valence-corrected chi connectivity index (χ3v) is 3.60. The standard InChI is InChI=1S/C15H28O2/c16-14-10-7-5-3-1-2-4-6-8-11-15(17)13-9-12-14/h12,15-17H,1-11,13H2/b14-12+. The number of aliphatic hydroxyl groups is 2. The van der Waals surface area contributed by atoms with Crippen LogP contribution in [0.5, 0.6) is 0 Å². The Hall–Kier alpha value is -0.500. The molecule has 0 aliphatic heterocycles. The van der Waals surface area contributed by atoms with E-state index in [-0.39, 0.29) is 6.10 Å². The molecule has 0 spiro atoms. The molecule has 2 N–H and O–H groups in total.